The molecule has 1 aromatic carbocycles. The molecule has 1 atom stereocenters. The molecule has 1 unspecified atom stereocenters. The zero-order chi connectivity index (χ0) is 11.8. The molecule has 1 heterocycles. The van der Waals surface area contributed by atoms with Gasteiger partial charge in [0.25, 0.3) is 0 Å². The van der Waals surface area contributed by atoms with Gasteiger partial charge in [-0.15, -0.1) is 0 Å². The lowest BCUT2D eigenvalue weighted by Gasteiger charge is -2.46. The number of rotatable bonds is 3. The number of β-lactam (4-membered cyclic amide) rings is 1. The van der Waals surface area contributed by atoms with E-state index < -0.39 is 11.5 Å². The van der Waals surface area contributed by atoms with Crippen molar-refractivity contribution in [2.24, 2.45) is 0 Å². The summed E-state index contributed by atoms with van der Waals surface area (Å²) in [6.07, 6.45) is 0.0924. The number of carboxylic acid groups (broad SMARTS) is 1. The van der Waals surface area contributed by atoms with E-state index in [0.29, 0.717) is 6.54 Å². The van der Waals surface area contributed by atoms with Crippen LogP contribution in [0.4, 0.5) is 0 Å². The highest BCUT2D eigenvalue weighted by molar-refractivity contribution is 5.97. The molecule has 1 amide bonds. The van der Waals surface area contributed by atoms with E-state index in [1.807, 2.05) is 30.3 Å². The van der Waals surface area contributed by atoms with E-state index in [-0.39, 0.29) is 12.3 Å². The van der Waals surface area contributed by atoms with Crippen molar-refractivity contribution in [3.05, 3.63) is 35.9 Å². The number of nitrogens with zero attached hydrogens (tertiary/aromatic N) is 1. The van der Waals surface area contributed by atoms with Crippen molar-refractivity contribution in [3.63, 3.8) is 0 Å². The topological polar surface area (TPSA) is 57.6 Å². The first-order valence-corrected chi connectivity index (χ1v) is 5.12. The molecule has 2 rings (SSSR count). The number of hydrogen-bond acceptors (Lipinski definition) is 2. The molecule has 1 fully saturated rings. The largest absolute Gasteiger partial charge is 0.479 e. The predicted molar refractivity (Wildman–Crippen MR) is 57.6 cm³/mol. The zero-order valence-corrected chi connectivity index (χ0v) is 9.01. The molecule has 1 N–H and O–H groups in total. The fraction of sp³-hybridized carbons (Fsp3) is 0.333. The predicted octanol–water partition coefficient (Wildman–Crippen LogP) is 1.26. The lowest BCUT2D eigenvalue weighted by molar-refractivity contribution is -0.175. The molecular formula is C12H13NO3. The van der Waals surface area contributed by atoms with E-state index in [9.17, 15) is 9.59 Å². The Balaban J connectivity index is 2.16. The molecule has 16 heavy (non-hydrogen) atoms. The molecule has 0 spiro atoms. The van der Waals surface area contributed by atoms with Gasteiger partial charge in [-0.05, 0) is 12.5 Å². The Morgan fingerprint density at radius 2 is 2.06 bits per heavy atom. The van der Waals surface area contributed by atoms with E-state index in [1.165, 1.54) is 4.90 Å². The molecule has 4 heteroatoms. The van der Waals surface area contributed by atoms with E-state index in [1.54, 1.807) is 6.92 Å². The van der Waals surface area contributed by atoms with Crippen LogP contribution in [0.1, 0.15) is 18.9 Å². The first-order valence-electron chi connectivity index (χ1n) is 5.12. The Bertz CT molecular complexity index is 429. The van der Waals surface area contributed by atoms with Gasteiger partial charge in [-0.3, -0.25) is 4.79 Å². The number of amides is 1. The van der Waals surface area contributed by atoms with Crippen LogP contribution in [0.2, 0.25) is 0 Å². The van der Waals surface area contributed by atoms with Crippen LogP contribution in [0, 0.1) is 0 Å². The second-order valence-electron chi connectivity index (χ2n) is 4.22. The van der Waals surface area contributed by atoms with E-state index in [4.69, 9.17) is 5.11 Å². The summed E-state index contributed by atoms with van der Waals surface area (Å²) in [5, 5.41) is 9.06. The standard InChI is InChI=1S/C12H13NO3/c1-12(11(15)16)7-10(14)13(12)8-9-5-3-2-4-6-9/h2-6H,7-8H2,1H3,(H,15,16). The van der Waals surface area contributed by atoms with Crippen molar-refractivity contribution in [1.29, 1.82) is 0 Å². The first kappa shape index (κ1) is 10.7. The van der Waals surface area contributed by atoms with Gasteiger partial charge >= 0.3 is 5.97 Å². The van der Waals surface area contributed by atoms with Gasteiger partial charge in [-0.1, -0.05) is 30.3 Å². The van der Waals surface area contributed by atoms with Crippen molar-refractivity contribution in [3.8, 4) is 0 Å². The van der Waals surface area contributed by atoms with Gasteiger partial charge < -0.3 is 10.0 Å². The highest BCUT2D eigenvalue weighted by atomic mass is 16.4. The summed E-state index contributed by atoms with van der Waals surface area (Å²) in [7, 11) is 0. The summed E-state index contributed by atoms with van der Waals surface area (Å²) >= 11 is 0. The maximum absolute atomic E-state index is 11.4. The molecule has 1 aliphatic heterocycles. The number of carbonyl (C=O) groups excluding carboxylic acids is 1. The van der Waals surface area contributed by atoms with Crippen molar-refractivity contribution in [2.45, 2.75) is 25.4 Å². The fourth-order valence-electron chi connectivity index (χ4n) is 1.89. The number of likely N-dealkylation sites (tertiary alicyclic amines) is 1. The Kier molecular flexibility index (Phi) is 2.42. The minimum Gasteiger partial charge on any atom is -0.479 e. The van der Waals surface area contributed by atoms with Crippen LogP contribution in [-0.2, 0) is 16.1 Å². The Labute approximate surface area is 93.5 Å². The Hall–Kier alpha value is -1.84. The average molecular weight is 219 g/mol. The summed E-state index contributed by atoms with van der Waals surface area (Å²) in [6, 6.07) is 9.40. The van der Waals surface area contributed by atoms with Gasteiger partial charge in [-0.25, -0.2) is 4.79 Å². The second kappa shape index (κ2) is 3.63. The summed E-state index contributed by atoms with van der Waals surface area (Å²) in [6.45, 7) is 1.95. The van der Waals surface area contributed by atoms with Crippen molar-refractivity contribution in [2.75, 3.05) is 0 Å². The van der Waals surface area contributed by atoms with Crippen molar-refractivity contribution < 1.29 is 14.7 Å². The molecule has 1 aliphatic rings. The minimum absolute atomic E-state index is 0.0924. The number of benzene rings is 1. The van der Waals surface area contributed by atoms with Crippen LogP contribution in [0.3, 0.4) is 0 Å². The van der Waals surface area contributed by atoms with Crippen LogP contribution in [0.5, 0.6) is 0 Å². The lowest BCUT2D eigenvalue weighted by atomic mass is 9.85. The van der Waals surface area contributed by atoms with Gasteiger partial charge in [0.2, 0.25) is 5.91 Å². The molecule has 1 aromatic rings. The molecule has 0 saturated carbocycles. The van der Waals surface area contributed by atoms with Gasteiger partial charge in [0, 0.05) is 6.54 Å². The van der Waals surface area contributed by atoms with Gasteiger partial charge in [0.15, 0.2) is 0 Å². The third-order valence-electron chi connectivity index (χ3n) is 3.04. The first-order chi connectivity index (χ1) is 7.54. The smallest absolute Gasteiger partial charge is 0.329 e. The van der Waals surface area contributed by atoms with Crippen LogP contribution < -0.4 is 0 Å². The second-order valence-corrected chi connectivity index (χ2v) is 4.22. The molecule has 0 aliphatic carbocycles. The molecular weight excluding hydrogens is 206 g/mol. The lowest BCUT2D eigenvalue weighted by Crippen LogP contribution is -2.65. The Morgan fingerprint density at radius 1 is 1.44 bits per heavy atom. The van der Waals surface area contributed by atoms with Crippen molar-refractivity contribution >= 4 is 11.9 Å². The minimum atomic E-state index is -1.03. The number of aliphatic carboxylic acids is 1. The van der Waals surface area contributed by atoms with Gasteiger partial charge in [-0.2, -0.15) is 0 Å². The van der Waals surface area contributed by atoms with Crippen LogP contribution in [0.25, 0.3) is 0 Å². The Morgan fingerprint density at radius 3 is 2.56 bits per heavy atom. The SMILES string of the molecule is CC1(C(=O)O)CC(=O)N1Cc1ccccc1. The molecule has 0 bridgehead atoms. The third kappa shape index (κ3) is 1.56. The average Bonchev–Trinajstić information content (AvgIpc) is 2.27. The molecule has 0 aromatic heterocycles. The highest BCUT2D eigenvalue weighted by Gasteiger charge is 2.52. The van der Waals surface area contributed by atoms with E-state index in [0.717, 1.165) is 5.56 Å². The molecule has 84 valence electrons. The molecule has 0 radical (unpaired) electrons. The summed E-state index contributed by atoms with van der Waals surface area (Å²) < 4.78 is 0. The van der Waals surface area contributed by atoms with E-state index >= 15 is 0 Å². The number of carboxylic acids is 1. The summed E-state index contributed by atoms with van der Waals surface area (Å²) in [5.74, 6) is -1.04. The maximum atomic E-state index is 11.4. The van der Waals surface area contributed by atoms with Crippen LogP contribution in [0.15, 0.2) is 30.3 Å². The number of hydrogen-bond donors (Lipinski definition) is 1. The third-order valence-corrected chi connectivity index (χ3v) is 3.04. The monoisotopic (exact) mass is 219 g/mol. The normalized spacial score (nSPS) is 24.1. The van der Waals surface area contributed by atoms with Crippen LogP contribution >= 0.6 is 0 Å². The molecule has 1 saturated heterocycles. The van der Waals surface area contributed by atoms with Crippen LogP contribution in [-0.4, -0.2) is 27.4 Å². The maximum Gasteiger partial charge on any atom is 0.329 e. The quantitative estimate of drug-likeness (QED) is 0.779. The number of carbonyl (C=O) groups is 2. The summed E-state index contributed by atoms with van der Waals surface area (Å²) in [4.78, 5) is 23.9. The van der Waals surface area contributed by atoms with Gasteiger partial charge in [0.05, 0.1) is 6.42 Å². The van der Waals surface area contributed by atoms with Gasteiger partial charge in [0.1, 0.15) is 5.54 Å². The molecule has 4 nitrogen and oxygen atoms in total. The zero-order valence-electron chi connectivity index (χ0n) is 9.01. The highest BCUT2D eigenvalue weighted by Crippen LogP contribution is 2.33. The van der Waals surface area contributed by atoms with E-state index in [2.05, 4.69) is 0 Å². The van der Waals surface area contributed by atoms with Crippen molar-refractivity contribution in [1.82, 2.24) is 4.90 Å². The fourth-order valence-corrected chi connectivity index (χ4v) is 1.89. The summed E-state index contributed by atoms with van der Waals surface area (Å²) in [5.41, 5.74) is -0.0876.